The van der Waals surface area contributed by atoms with E-state index >= 15 is 0 Å². The van der Waals surface area contributed by atoms with E-state index in [1.807, 2.05) is 0 Å². The SMILES string of the molecule is C#Cc1nc(N)ccc1Cl. The Morgan fingerprint density at radius 3 is 2.80 bits per heavy atom. The molecule has 1 rings (SSSR count). The van der Waals surface area contributed by atoms with Gasteiger partial charge in [0.15, 0.2) is 0 Å². The summed E-state index contributed by atoms with van der Waals surface area (Å²) >= 11 is 5.64. The number of aromatic nitrogens is 1. The first-order valence-electron chi connectivity index (χ1n) is 2.62. The lowest BCUT2D eigenvalue weighted by molar-refractivity contribution is 1.30. The Bertz CT molecular complexity index is 288. The van der Waals surface area contributed by atoms with E-state index in [9.17, 15) is 0 Å². The molecule has 2 nitrogen and oxygen atoms in total. The average Bonchev–Trinajstić information content (AvgIpc) is 1.94. The molecule has 1 aromatic heterocycles. The largest absolute Gasteiger partial charge is 0.384 e. The molecule has 0 atom stereocenters. The van der Waals surface area contributed by atoms with E-state index in [1.165, 1.54) is 0 Å². The van der Waals surface area contributed by atoms with E-state index < -0.39 is 0 Å². The van der Waals surface area contributed by atoms with Gasteiger partial charge in [-0.25, -0.2) is 4.98 Å². The number of rotatable bonds is 0. The summed E-state index contributed by atoms with van der Waals surface area (Å²) in [5, 5.41) is 0.455. The number of nitrogens with two attached hydrogens (primary N) is 1. The van der Waals surface area contributed by atoms with Crippen molar-refractivity contribution < 1.29 is 0 Å². The summed E-state index contributed by atoms with van der Waals surface area (Å²) in [7, 11) is 0. The fraction of sp³-hybridized carbons (Fsp3) is 0. The molecule has 10 heavy (non-hydrogen) atoms. The van der Waals surface area contributed by atoms with Crippen molar-refractivity contribution in [2.75, 3.05) is 5.73 Å². The van der Waals surface area contributed by atoms with Crippen molar-refractivity contribution >= 4 is 17.4 Å². The van der Waals surface area contributed by atoms with Crippen molar-refractivity contribution in [2.45, 2.75) is 0 Å². The Kier molecular flexibility index (Phi) is 1.79. The molecule has 2 N–H and O–H groups in total. The molecule has 0 radical (unpaired) electrons. The Labute approximate surface area is 64.0 Å². The topological polar surface area (TPSA) is 38.9 Å². The summed E-state index contributed by atoms with van der Waals surface area (Å²) in [5.74, 6) is 2.70. The van der Waals surface area contributed by atoms with Gasteiger partial charge >= 0.3 is 0 Å². The van der Waals surface area contributed by atoms with Gasteiger partial charge in [-0.3, -0.25) is 0 Å². The van der Waals surface area contributed by atoms with Gasteiger partial charge < -0.3 is 5.73 Å². The normalized spacial score (nSPS) is 8.80. The molecule has 1 heterocycles. The first-order chi connectivity index (χ1) is 4.74. The van der Waals surface area contributed by atoms with Gasteiger partial charge in [-0.05, 0) is 18.1 Å². The number of nitrogen functional groups attached to an aromatic ring is 1. The monoisotopic (exact) mass is 152 g/mol. The molecule has 0 unspecified atom stereocenters. The summed E-state index contributed by atoms with van der Waals surface area (Å²) in [5.41, 5.74) is 5.73. The molecule has 3 heteroatoms. The van der Waals surface area contributed by atoms with Crippen molar-refractivity contribution in [3.63, 3.8) is 0 Å². The minimum atomic E-state index is 0.386. The van der Waals surface area contributed by atoms with Crippen molar-refractivity contribution in [1.82, 2.24) is 4.98 Å². The second-order valence-electron chi connectivity index (χ2n) is 1.71. The molecule has 0 saturated carbocycles. The van der Waals surface area contributed by atoms with E-state index in [0.29, 0.717) is 16.5 Å². The lowest BCUT2D eigenvalue weighted by Crippen LogP contribution is -1.92. The number of terminal acetylenes is 1. The van der Waals surface area contributed by atoms with Gasteiger partial charge in [0.05, 0.1) is 5.02 Å². The Balaban J connectivity index is 3.25. The van der Waals surface area contributed by atoms with Crippen LogP contribution in [0.3, 0.4) is 0 Å². The molecular weight excluding hydrogens is 148 g/mol. The molecule has 0 spiro atoms. The lowest BCUT2D eigenvalue weighted by atomic mass is 10.3. The minimum Gasteiger partial charge on any atom is -0.384 e. The molecule has 0 amide bonds. The van der Waals surface area contributed by atoms with Gasteiger partial charge in [-0.1, -0.05) is 11.6 Å². The number of nitrogens with zero attached hydrogens (tertiary/aromatic N) is 1. The van der Waals surface area contributed by atoms with Crippen LogP contribution in [0.4, 0.5) is 5.82 Å². The third kappa shape index (κ3) is 1.20. The van der Waals surface area contributed by atoms with E-state index in [2.05, 4.69) is 10.9 Å². The molecule has 0 fully saturated rings. The highest BCUT2D eigenvalue weighted by Gasteiger charge is 1.96. The third-order valence-corrected chi connectivity index (χ3v) is 1.31. The van der Waals surface area contributed by atoms with Crippen LogP contribution in [0.5, 0.6) is 0 Å². The zero-order chi connectivity index (χ0) is 7.56. The maximum absolute atomic E-state index is 5.64. The van der Waals surface area contributed by atoms with Crippen LogP contribution in [-0.2, 0) is 0 Å². The third-order valence-electron chi connectivity index (χ3n) is 1.00. The van der Waals surface area contributed by atoms with Crippen molar-refractivity contribution in [2.24, 2.45) is 0 Å². The Morgan fingerprint density at radius 1 is 1.60 bits per heavy atom. The highest BCUT2D eigenvalue weighted by atomic mass is 35.5. The number of pyridine rings is 1. The first-order valence-corrected chi connectivity index (χ1v) is 3.00. The average molecular weight is 153 g/mol. The zero-order valence-corrected chi connectivity index (χ0v) is 5.89. The molecule has 1 aromatic rings. The second kappa shape index (κ2) is 2.59. The number of hydrogen-bond acceptors (Lipinski definition) is 2. The summed E-state index contributed by atoms with van der Waals surface area (Å²) in [4.78, 5) is 3.80. The highest BCUT2D eigenvalue weighted by molar-refractivity contribution is 6.31. The van der Waals surface area contributed by atoms with Crippen LogP contribution in [0, 0.1) is 12.3 Å². The summed E-state index contributed by atoms with van der Waals surface area (Å²) in [6, 6.07) is 3.22. The first kappa shape index (κ1) is 6.91. The molecule has 0 saturated heterocycles. The molecular formula is C7H5ClN2. The molecule has 0 aliphatic heterocycles. The molecule has 50 valence electrons. The second-order valence-corrected chi connectivity index (χ2v) is 2.12. The van der Waals surface area contributed by atoms with Crippen molar-refractivity contribution in [3.8, 4) is 12.3 Å². The van der Waals surface area contributed by atoms with E-state index in [1.54, 1.807) is 12.1 Å². The van der Waals surface area contributed by atoms with Crippen molar-refractivity contribution in [1.29, 1.82) is 0 Å². The van der Waals surface area contributed by atoms with Crippen LogP contribution in [0.1, 0.15) is 5.69 Å². The van der Waals surface area contributed by atoms with Gasteiger partial charge in [0.2, 0.25) is 0 Å². The van der Waals surface area contributed by atoms with Crippen LogP contribution in [-0.4, -0.2) is 4.98 Å². The van der Waals surface area contributed by atoms with Crippen molar-refractivity contribution in [3.05, 3.63) is 22.8 Å². The predicted octanol–water partition coefficient (Wildman–Crippen LogP) is 1.30. The van der Waals surface area contributed by atoms with E-state index in [-0.39, 0.29) is 0 Å². The summed E-state index contributed by atoms with van der Waals surface area (Å²) < 4.78 is 0. The fourth-order valence-electron chi connectivity index (χ4n) is 0.558. The quantitative estimate of drug-likeness (QED) is 0.569. The number of hydrogen-bond donors (Lipinski definition) is 1. The van der Waals surface area contributed by atoms with Crippen LogP contribution in [0.25, 0.3) is 0 Å². The highest BCUT2D eigenvalue weighted by Crippen LogP contribution is 2.13. The maximum atomic E-state index is 5.64. The molecule has 0 aliphatic rings. The smallest absolute Gasteiger partial charge is 0.133 e. The van der Waals surface area contributed by atoms with E-state index in [4.69, 9.17) is 23.8 Å². The van der Waals surface area contributed by atoms with E-state index in [0.717, 1.165) is 0 Å². The molecule has 0 bridgehead atoms. The van der Waals surface area contributed by atoms with Crippen LogP contribution in [0.2, 0.25) is 5.02 Å². The van der Waals surface area contributed by atoms with Gasteiger partial charge in [0, 0.05) is 0 Å². The van der Waals surface area contributed by atoms with Crippen LogP contribution in [0.15, 0.2) is 12.1 Å². The summed E-state index contributed by atoms with van der Waals surface area (Å²) in [6.45, 7) is 0. The Hall–Kier alpha value is -1.20. The van der Waals surface area contributed by atoms with Gasteiger partial charge in [-0.2, -0.15) is 0 Å². The number of halogens is 1. The van der Waals surface area contributed by atoms with Crippen LogP contribution < -0.4 is 5.73 Å². The molecule has 0 aliphatic carbocycles. The maximum Gasteiger partial charge on any atom is 0.133 e. The standard InChI is InChI=1S/C7H5ClN2/c1-2-6-5(8)3-4-7(9)10-6/h1,3-4H,(H2,9,10). The van der Waals surface area contributed by atoms with Gasteiger partial charge in [0.25, 0.3) is 0 Å². The van der Waals surface area contributed by atoms with Gasteiger partial charge in [-0.15, -0.1) is 6.42 Å². The minimum absolute atomic E-state index is 0.386. The molecule has 0 aromatic carbocycles. The predicted molar refractivity (Wildman–Crippen MR) is 41.6 cm³/mol. The lowest BCUT2D eigenvalue weighted by Gasteiger charge is -1.94. The fourth-order valence-corrected chi connectivity index (χ4v) is 0.718. The Morgan fingerprint density at radius 2 is 2.30 bits per heavy atom. The zero-order valence-electron chi connectivity index (χ0n) is 5.13. The van der Waals surface area contributed by atoms with Crippen LogP contribution >= 0.6 is 11.6 Å². The summed E-state index contributed by atoms with van der Waals surface area (Å²) in [6.07, 6.45) is 5.07. The van der Waals surface area contributed by atoms with Gasteiger partial charge in [0.1, 0.15) is 11.5 Å². The number of anilines is 1.